The molecule has 0 aromatic carbocycles. The number of allylic oxidation sites excluding steroid dienone is 16. The zero-order chi connectivity index (χ0) is 52.7. The highest BCUT2D eigenvalue weighted by atomic mass is 31.2. The summed E-state index contributed by atoms with van der Waals surface area (Å²) in [5.41, 5.74) is 0. The molecule has 0 radical (unpaired) electrons. The second kappa shape index (κ2) is 53.7. The molecular formula is C60H101O11P. The summed E-state index contributed by atoms with van der Waals surface area (Å²) in [7, 11) is -4.76. The van der Waals surface area contributed by atoms with Gasteiger partial charge in [0.1, 0.15) is 12.7 Å². The van der Waals surface area contributed by atoms with Crippen LogP contribution in [0.25, 0.3) is 0 Å². The van der Waals surface area contributed by atoms with Gasteiger partial charge in [0, 0.05) is 19.3 Å². The maximum absolute atomic E-state index is 12.9. The van der Waals surface area contributed by atoms with E-state index in [2.05, 4.69) is 118 Å². The molecule has 0 rings (SSSR count). The van der Waals surface area contributed by atoms with Crippen molar-refractivity contribution in [2.45, 2.75) is 238 Å². The zero-order valence-electron chi connectivity index (χ0n) is 45.4. The van der Waals surface area contributed by atoms with E-state index in [1.165, 1.54) is 25.7 Å². The Morgan fingerprint density at radius 3 is 1.12 bits per heavy atom. The van der Waals surface area contributed by atoms with Gasteiger partial charge < -0.3 is 24.2 Å². The number of rotatable bonds is 51. The van der Waals surface area contributed by atoms with Crippen LogP contribution in [0.15, 0.2) is 97.2 Å². The summed E-state index contributed by atoms with van der Waals surface area (Å²) in [6.45, 7) is 4.32. The highest BCUT2D eigenvalue weighted by molar-refractivity contribution is 7.47. The van der Waals surface area contributed by atoms with E-state index in [4.69, 9.17) is 23.3 Å². The fraction of sp³-hybridized carbons (Fsp3) is 0.683. The van der Waals surface area contributed by atoms with Crippen molar-refractivity contribution in [2.24, 2.45) is 0 Å². The molecule has 12 heteroatoms. The van der Waals surface area contributed by atoms with Crippen LogP contribution >= 0.6 is 7.82 Å². The topological polar surface area (TPSA) is 155 Å². The summed E-state index contributed by atoms with van der Waals surface area (Å²) in [5.74, 6) is -1.52. The van der Waals surface area contributed by atoms with Gasteiger partial charge in [-0.25, -0.2) is 4.57 Å². The predicted molar refractivity (Wildman–Crippen MR) is 297 cm³/mol. The molecule has 0 fully saturated rings. The number of aliphatic hydroxyl groups excluding tert-OH is 1. The van der Waals surface area contributed by atoms with E-state index in [1.54, 1.807) is 0 Å². The Labute approximate surface area is 438 Å². The Balaban J connectivity index is 4.81. The maximum Gasteiger partial charge on any atom is 0.472 e. The van der Waals surface area contributed by atoms with Crippen LogP contribution in [0, 0.1) is 0 Å². The predicted octanol–water partition coefficient (Wildman–Crippen LogP) is 16.5. The molecule has 0 aliphatic carbocycles. The molecule has 0 aromatic rings. The fourth-order valence-electron chi connectivity index (χ4n) is 7.22. The minimum absolute atomic E-state index is 0.133. The number of phosphoric acid groups is 1. The largest absolute Gasteiger partial charge is 0.472 e. The number of ether oxygens (including phenoxy) is 3. The minimum Gasteiger partial charge on any atom is -0.462 e. The number of carbonyl (C=O) groups is 3. The third-order valence-corrected chi connectivity index (χ3v) is 12.4. The lowest BCUT2D eigenvalue weighted by Crippen LogP contribution is -2.30. The lowest BCUT2D eigenvalue weighted by molar-refractivity contribution is -0.161. The van der Waals surface area contributed by atoms with Crippen molar-refractivity contribution in [1.29, 1.82) is 0 Å². The van der Waals surface area contributed by atoms with Crippen LogP contribution in [0.1, 0.15) is 226 Å². The SMILES string of the molecule is CC/C=C\C/C=C\C/C=C\C/C=C\CCCCCCC(=O)OC(COC(=O)CCCCCCCCC/C=C\C/C=C\C/C=C\CC)COP(=O)(O)OCC(CO)OC(=O)CCCCCCC/C=C\CCCC. The molecule has 3 atom stereocenters. The highest BCUT2D eigenvalue weighted by Gasteiger charge is 2.28. The maximum atomic E-state index is 12.9. The average Bonchev–Trinajstić information content (AvgIpc) is 3.37. The van der Waals surface area contributed by atoms with E-state index >= 15 is 0 Å². The second-order valence-electron chi connectivity index (χ2n) is 18.3. The number of aliphatic hydroxyl groups is 1. The average molecular weight is 1030 g/mol. The van der Waals surface area contributed by atoms with Gasteiger partial charge in [0.2, 0.25) is 0 Å². The molecule has 0 aliphatic heterocycles. The Hall–Kier alpha value is -3.60. The molecule has 2 N–H and O–H groups in total. The number of unbranched alkanes of at least 4 members (excludes halogenated alkanes) is 18. The first-order chi connectivity index (χ1) is 35.2. The molecule has 412 valence electrons. The lowest BCUT2D eigenvalue weighted by atomic mass is 10.1. The molecule has 72 heavy (non-hydrogen) atoms. The van der Waals surface area contributed by atoms with Crippen molar-refractivity contribution in [3.8, 4) is 0 Å². The van der Waals surface area contributed by atoms with Crippen molar-refractivity contribution in [3.05, 3.63) is 97.2 Å². The van der Waals surface area contributed by atoms with Crippen LogP contribution in [0.2, 0.25) is 0 Å². The molecule has 11 nitrogen and oxygen atoms in total. The highest BCUT2D eigenvalue weighted by Crippen LogP contribution is 2.43. The van der Waals surface area contributed by atoms with Crippen molar-refractivity contribution >= 4 is 25.7 Å². The van der Waals surface area contributed by atoms with Crippen molar-refractivity contribution in [3.63, 3.8) is 0 Å². The summed E-state index contributed by atoms with van der Waals surface area (Å²) >= 11 is 0. The fourth-order valence-corrected chi connectivity index (χ4v) is 8.01. The van der Waals surface area contributed by atoms with E-state index in [-0.39, 0.29) is 25.9 Å². The van der Waals surface area contributed by atoms with E-state index < -0.39 is 57.8 Å². The molecule has 0 saturated carbocycles. The smallest absolute Gasteiger partial charge is 0.462 e. The first-order valence-corrected chi connectivity index (χ1v) is 29.6. The summed E-state index contributed by atoms with van der Waals surface area (Å²) in [6, 6.07) is 0. The molecule has 0 heterocycles. The first-order valence-electron chi connectivity index (χ1n) is 28.1. The van der Waals surface area contributed by atoms with Crippen LogP contribution in [-0.4, -0.2) is 66.5 Å². The zero-order valence-corrected chi connectivity index (χ0v) is 46.3. The third-order valence-electron chi connectivity index (χ3n) is 11.5. The van der Waals surface area contributed by atoms with Gasteiger partial charge >= 0.3 is 25.7 Å². The van der Waals surface area contributed by atoms with Crippen LogP contribution in [0.4, 0.5) is 0 Å². The van der Waals surface area contributed by atoms with E-state index in [1.807, 2.05) is 0 Å². The number of hydrogen-bond donors (Lipinski definition) is 2. The van der Waals surface area contributed by atoms with Crippen LogP contribution in [0.5, 0.6) is 0 Å². The summed E-state index contributed by atoms with van der Waals surface area (Å²) in [4.78, 5) is 48.5. The van der Waals surface area contributed by atoms with Gasteiger partial charge in [-0.2, -0.15) is 0 Å². The van der Waals surface area contributed by atoms with Gasteiger partial charge in [0.25, 0.3) is 0 Å². The van der Waals surface area contributed by atoms with Crippen molar-refractivity contribution in [1.82, 2.24) is 0 Å². The van der Waals surface area contributed by atoms with E-state index in [0.717, 1.165) is 141 Å². The molecule has 0 saturated heterocycles. The molecule has 0 amide bonds. The normalized spacial score (nSPS) is 14.1. The van der Waals surface area contributed by atoms with Crippen molar-refractivity contribution in [2.75, 3.05) is 26.4 Å². The summed E-state index contributed by atoms with van der Waals surface area (Å²) in [6.07, 6.45) is 62.2. The monoisotopic (exact) mass is 1030 g/mol. The van der Waals surface area contributed by atoms with E-state index in [0.29, 0.717) is 19.3 Å². The van der Waals surface area contributed by atoms with Gasteiger partial charge in [-0.15, -0.1) is 0 Å². The Morgan fingerprint density at radius 1 is 0.403 bits per heavy atom. The number of esters is 3. The quantitative estimate of drug-likeness (QED) is 0.0197. The lowest BCUT2D eigenvalue weighted by Gasteiger charge is -2.21. The van der Waals surface area contributed by atoms with Crippen molar-refractivity contribution < 1.29 is 52.2 Å². The summed E-state index contributed by atoms with van der Waals surface area (Å²) in [5, 5.41) is 9.79. The van der Waals surface area contributed by atoms with Gasteiger partial charge in [0.15, 0.2) is 6.10 Å². The minimum atomic E-state index is -4.76. The van der Waals surface area contributed by atoms with Gasteiger partial charge in [-0.05, 0) is 109 Å². The Kier molecular flexibility index (Phi) is 51.0. The molecular weight excluding hydrogens is 928 g/mol. The standard InChI is InChI=1S/C60H101O11P/c1-4-7-10-13-16-19-22-24-26-28-30-32-35-37-40-43-46-49-58(62)67-53-57(71-60(64)51-48-45-42-39-36-33-31-29-27-25-23-20-17-14-11-8-5-2)55-69-72(65,66)68-54-56(52-61)70-59(63)50-47-44-41-38-34-21-18-15-12-9-6-3/h7-8,10-11,15-20,24-27,31,33,56-57,61H,4-6,9,12-14,21-23,28-30,32,34-55H2,1-3H3,(H,65,66)/b10-7-,11-8-,18-15-,19-16-,20-17-,26-24-,27-25-,33-31-. The van der Waals surface area contributed by atoms with Gasteiger partial charge in [0.05, 0.1) is 19.8 Å². The molecule has 3 unspecified atom stereocenters. The van der Waals surface area contributed by atoms with E-state index in [9.17, 15) is 28.9 Å². The number of phosphoric ester groups is 1. The summed E-state index contributed by atoms with van der Waals surface area (Å²) < 4.78 is 39.4. The second-order valence-corrected chi connectivity index (χ2v) is 19.8. The van der Waals surface area contributed by atoms with Gasteiger partial charge in [-0.1, -0.05) is 195 Å². The molecule has 0 spiro atoms. The van der Waals surface area contributed by atoms with Crippen LogP contribution < -0.4 is 0 Å². The first kappa shape index (κ1) is 68.4. The van der Waals surface area contributed by atoms with Crippen LogP contribution in [0.3, 0.4) is 0 Å². The Bertz CT molecular complexity index is 1580. The van der Waals surface area contributed by atoms with Gasteiger partial charge in [-0.3, -0.25) is 23.4 Å². The number of hydrogen-bond acceptors (Lipinski definition) is 10. The molecule has 0 aliphatic rings. The third kappa shape index (κ3) is 51.3. The molecule has 0 bridgehead atoms. The van der Waals surface area contributed by atoms with Crippen LogP contribution in [-0.2, 0) is 42.2 Å². The Morgan fingerprint density at radius 2 is 0.722 bits per heavy atom. The molecule has 0 aromatic heterocycles. The number of carbonyl (C=O) groups excluding carboxylic acids is 3.